The van der Waals surface area contributed by atoms with E-state index in [4.69, 9.17) is 21.1 Å². The van der Waals surface area contributed by atoms with E-state index < -0.39 is 22.7 Å². The van der Waals surface area contributed by atoms with Crippen LogP contribution in [-0.2, 0) is 11.0 Å². The Bertz CT molecular complexity index is 797. The molecule has 0 aliphatic rings. The molecule has 26 heavy (non-hydrogen) atoms. The number of rotatable bonds is 6. The predicted molar refractivity (Wildman–Crippen MR) is 93.1 cm³/mol. The Morgan fingerprint density at radius 2 is 1.85 bits per heavy atom. The van der Waals surface area contributed by atoms with Gasteiger partial charge in [-0.1, -0.05) is 11.6 Å². The van der Waals surface area contributed by atoms with Gasteiger partial charge in [-0.05, 0) is 30.3 Å². The molecule has 0 bridgehead atoms. The van der Waals surface area contributed by atoms with Crippen molar-refractivity contribution in [3.63, 3.8) is 0 Å². The first-order valence-electron chi connectivity index (χ1n) is 7.37. The molecular weight excluding hydrogens is 373 g/mol. The average molecular weight is 389 g/mol. The number of nitrogens with one attached hydrogen (secondary N) is 2. The maximum atomic E-state index is 12.8. The molecular formula is C17H16ClF3N2O3. The lowest BCUT2D eigenvalue weighted by molar-refractivity contribution is -0.137. The highest BCUT2D eigenvalue weighted by Gasteiger charge is 2.33. The summed E-state index contributed by atoms with van der Waals surface area (Å²) in [4.78, 5) is 12.0. The summed E-state index contributed by atoms with van der Waals surface area (Å²) in [5, 5.41) is 4.80. The van der Waals surface area contributed by atoms with Crippen LogP contribution >= 0.6 is 11.6 Å². The lowest BCUT2D eigenvalue weighted by Gasteiger charge is -2.14. The summed E-state index contributed by atoms with van der Waals surface area (Å²) in [5.74, 6) is 0.513. The van der Waals surface area contributed by atoms with Gasteiger partial charge in [0.05, 0.1) is 37.0 Å². The van der Waals surface area contributed by atoms with E-state index in [-0.39, 0.29) is 12.2 Å². The third-order valence-electron chi connectivity index (χ3n) is 3.40. The Morgan fingerprint density at radius 1 is 1.12 bits per heavy atom. The predicted octanol–water partition coefficient (Wildman–Crippen LogP) is 4.43. The summed E-state index contributed by atoms with van der Waals surface area (Å²) < 4.78 is 48.8. The zero-order chi connectivity index (χ0) is 19.3. The lowest BCUT2D eigenvalue weighted by atomic mass is 10.2. The number of hydrogen-bond donors (Lipinski definition) is 2. The minimum atomic E-state index is -4.60. The first kappa shape index (κ1) is 19.7. The van der Waals surface area contributed by atoms with Crippen LogP contribution < -0.4 is 20.1 Å². The van der Waals surface area contributed by atoms with Crippen LogP contribution in [0.5, 0.6) is 11.5 Å². The number of carbonyl (C=O) groups is 1. The van der Waals surface area contributed by atoms with Gasteiger partial charge in [0.15, 0.2) is 0 Å². The molecule has 0 atom stereocenters. The monoisotopic (exact) mass is 388 g/mol. The quantitative estimate of drug-likeness (QED) is 0.768. The average Bonchev–Trinajstić information content (AvgIpc) is 2.60. The van der Waals surface area contributed by atoms with Gasteiger partial charge in [0.1, 0.15) is 11.5 Å². The van der Waals surface area contributed by atoms with Crippen LogP contribution in [0.15, 0.2) is 36.4 Å². The van der Waals surface area contributed by atoms with Gasteiger partial charge in [0, 0.05) is 11.8 Å². The molecule has 5 nitrogen and oxygen atoms in total. The molecule has 0 aromatic heterocycles. The maximum absolute atomic E-state index is 12.8. The van der Waals surface area contributed by atoms with Gasteiger partial charge in [-0.3, -0.25) is 4.79 Å². The maximum Gasteiger partial charge on any atom is 0.417 e. The van der Waals surface area contributed by atoms with E-state index in [0.717, 1.165) is 12.1 Å². The molecule has 0 spiro atoms. The molecule has 0 unspecified atom stereocenters. The minimum absolute atomic E-state index is 0.00443. The van der Waals surface area contributed by atoms with Crippen molar-refractivity contribution >= 4 is 28.9 Å². The van der Waals surface area contributed by atoms with Crippen LogP contribution in [0.2, 0.25) is 5.02 Å². The number of halogens is 4. The SMILES string of the molecule is COc1ccc(NCC(=O)Nc2ccc(Cl)c(C(F)(F)F)c2)c(OC)c1. The zero-order valence-electron chi connectivity index (χ0n) is 13.9. The second kappa shape index (κ2) is 8.18. The van der Waals surface area contributed by atoms with Crippen LogP contribution in [0, 0.1) is 0 Å². The first-order valence-corrected chi connectivity index (χ1v) is 7.75. The molecule has 140 valence electrons. The summed E-state index contributed by atoms with van der Waals surface area (Å²) in [5.41, 5.74) is -0.479. The summed E-state index contributed by atoms with van der Waals surface area (Å²) in [7, 11) is 2.98. The van der Waals surface area contributed by atoms with Crippen molar-refractivity contribution < 1.29 is 27.4 Å². The number of alkyl halides is 3. The van der Waals surface area contributed by atoms with Crippen LogP contribution in [0.4, 0.5) is 24.5 Å². The molecule has 0 saturated heterocycles. The minimum Gasteiger partial charge on any atom is -0.497 e. The van der Waals surface area contributed by atoms with Crippen molar-refractivity contribution in [2.24, 2.45) is 0 Å². The number of anilines is 2. The van der Waals surface area contributed by atoms with Crippen LogP contribution in [0.1, 0.15) is 5.56 Å². The normalized spacial score (nSPS) is 11.0. The Hall–Kier alpha value is -2.61. The Morgan fingerprint density at radius 3 is 2.46 bits per heavy atom. The number of benzene rings is 2. The van der Waals surface area contributed by atoms with Crippen LogP contribution in [-0.4, -0.2) is 26.7 Å². The molecule has 0 radical (unpaired) electrons. The van der Waals surface area contributed by atoms with E-state index in [1.54, 1.807) is 18.2 Å². The fourth-order valence-corrected chi connectivity index (χ4v) is 2.37. The van der Waals surface area contributed by atoms with Gasteiger partial charge in [0.25, 0.3) is 0 Å². The molecule has 0 fully saturated rings. The summed E-state index contributed by atoms with van der Waals surface area (Å²) in [6.45, 7) is -0.174. The van der Waals surface area contributed by atoms with E-state index >= 15 is 0 Å². The number of carbonyl (C=O) groups excluding carboxylic acids is 1. The second-order valence-corrected chi connectivity index (χ2v) is 5.57. The van der Waals surface area contributed by atoms with Gasteiger partial charge in [-0.2, -0.15) is 13.2 Å². The summed E-state index contributed by atoms with van der Waals surface area (Å²) in [6.07, 6.45) is -4.60. The van der Waals surface area contributed by atoms with Gasteiger partial charge in [-0.25, -0.2) is 0 Å². The molecule has 0 aliphatic carbocycles. The Balaban J connectivity index is 2.04. The highest BCUT2D eigenvalue weighted by atomic mass is 35.5. The lowest BCUT2D eigenvalue weighted by Crippen LogP contribution is -2.22. The molecule has 1 amide bonds. The number of amides is 1. The molecule has 2 aromatic rings. The Kier molecular flexibility index (Phi) is 6.20. The van der Waals surface area contributed by atoms with Crippen molar-refractivity contribution in [2.45, 2.75) is 6.18 Å². The molecule has 2 rings (SSSR count). The first-order chi connectivity index (χ1) is 12.2. The van der Waals surface area contributed by atoms with E-state index in [2.05, 4.69) is 10.6 Å². The van der Waals surface area contributed by atoms with Gasteiger partial charge in [-0.15, -0.1) is 0 Å². The molecule has 9 heteroatoms. The molecule has 0 saturated carbocycles. The fourth-order valence-electron chi connectivity index (χ4n) is 2.15. The number of hydrogen-bond acceptors (Lipinski definition) is 4. The molecule has 0 aliphatic heterocycles. The standard InChI is InChI=1S/C17H16ClF3N2O3/c1-25-11-4-6-14(15(8-11)26-2)22-9-16(24)23-10-3-5-13(18)12(7-10)17(19,20)21/h3-8,22H,9H2,1-2H3,(H,23,24). The van der Waals surface area contributed by atoms with Crippen molar-refractivity contribution in [1.82, 2.24) is 0 Å². The van der Waals surface area contributed by atoms with Crippen LogP contribution in [0.25, 0.3) is 0 Å². The van der Waals surface area contributed by atoms with E-state index in [9.17, 15) is 18.0 Å². The molecule has 2 aromatic carbocycles. The van der Waals surface area contributed by atoms with Crippen molar-refractivity contribution in [3.05, 3.63) is 47.0 Å². The highest BCUT2D eigenvalue weighted by Crippen LogP contribution is 2.36. The highest BCUT2D eigenvalue weighted by molar-refractivity contribution is 6.31. The largest absolute Gasteiger partial charge is 0.497 e. The second-order valence-electron chi connectivity index (χ2n) is 5.16. The van der Waals surface area contributed by atoms with Gasteiger partial charge < -0.3 is 20.1 Å². The van der Waals surface area contributed by atoms with Crippen molar-refractivity contribution in [3.8, 4) is 11.5 Å². The van der Waals surface area contributed by atoms with E-state index in [0.29, 0.717) is 17.2 Å². The third kappa shape index (κ3) is 4.95. The molecule has 0 heterocycles. The fraction of sp³-hybridized carbons (Fsp3) is 0.235. The van der Waals surface area contributed by atoms with Gasteiger partial charge >= 0.3 is 6.18 Å². The van der Waals surface area contributed by atoms with Crippen molar-refractivity contribution in [1.29, 1.82) is 0 Å². The smallest absolute Gasteiger partial charge is 0.417 e. The zero-order valence-corrected chi connectivity index (χ0v) is 14.7. The Labute approximate surface area is 153 Å². The summed E-state index contributed by atoms with van der Waals surface area (Å²) in [6, 6.07) is 8.14. The topological polar surface area (TPSA) is 59.6 Å². The van der Waals surface area contributed by atoms with Gasteiger partial charge in [0.2, 0.25) is 5.91 Å². The van der Waals surface area contributed by atoms with E-state index in [1.807, 2.05) is 0 Å². The number of methoxy groups -OCH3 is 2. The number of ether oxygens (including phenoxy) is 2. The third-order valence-corrected chi connectivity index (χ3v) is 3.73. The van der Waals surface area contributed by atoms with Crippen molar-refractivity contribution in [2.75, 3.05) is 31.4 Å². The van der Waals surface area contributed by atoms with E-state index in [1.165, 1.54) is 20.3 Å². The van der Waals surface area contributed by atoms with Crippen LogP contribution in [0.3, 0.4) is 0 Å². The summed E-state index contributed by atoms with van der Waals surface area (Å²) >= 11 is 5.55. The molecule has 2 N–H and O–H groups in total.